The highest BCUT2D eigenvalue weighted by Gasteiger charge is 2.28. The number of rotatable bonds is 5. The first-order chi connectivity index (χ1) is 5.27. The molecule has 0 aliphatic heterocycles. The highest BCUT2D eigenvalue weighted by Crippen LogP contribution is 2.35. The van der Waals surface area contributed by atoms with Gasteiger partial charge in [-0.05, 0) is 13.1 Å². The van der Waals surface area contributed by atoms with Crippen LogP contribution in [0, 0.1) is 0 Å². The molecular formula is C9H19MgN. The van der Waals surface area contributed by atoms with Crippen LogP contribution in [-0.2, 0) is 0 Å². The topological polar surface area (TPSA) is 3.24 Å². The molecule has 2 heteroatoms. The Morgan fingerprint density at radius 2 is 1.91 bits per heavy atom. The molecule has 1 atom stereocenters. The van der Waals surface area contributed by atoms with E-state index in [1.54, 1.807) is 12.8 Å². The molecule has 1 fully saturated rings. The molecule has 0 aromatic carbocycles. The predicted octanol–water partition coefficient (Wildman–Crippen LogP) is 1.96. The minimum Gasteiger partial charge on any atom is -0.326 e. The van der Waals surface area contributed by atoms with Gasteiger partial charge in [-0.25, -0.2) is 0 Å². The molecule has 0 aromatic heterocycles. The fourth-order valence-corrected chi connectivity index (χ4v) is 4.32. The first-order valence-electron chi connectivity index (χ1n) is 5.02. The normalized spacial score (nSPS) is 20.0. The summed E-state index contributed by atoms with van der Waals surface area (Å²) in [5.41, 5.74) is 0. The van der Waals surface area contributed by atoms with Gasteiger partial charge in [-0.2, -0.15) is 0 Å². The van der Waals surface area contributed by atoms with Gasteiger partial charge < -0.3 is 4.90 Å². The summed E-state index contributed by atoms with van der Waals surface area (Å²) >= 11 is 0.238. The van der Waals surface area contributed by atoms with Crippen LogP contribution in [0.4, 0.5) is 0 Å². The third-order valence-corrected chi connectivity index (χ3v) is 5.49. The summed E-state index contributed by atoms with van der Waals surface area (Å²) in [5.74, 6) is 0. The van der Waals surface area contributed by atoms with Crippen molar-refractivity contribution in [3.8, 4) is 0 Å². The van der Waals surface area contributed by atoms with Crippen molar-refractivity contribution in [1.29, 1.82) is 0 Å². The highest BCUT2D eigenvalue weighted by atomic mass is 24.5. The lowest BCUT2D eigenvalue weighted by atomic mass is 10.5. The molecule has 1 aliphatic rings. The van der Waals surface area contributed by atoms with Gasteiger partial charge in [0.15, 0.2) is 0 Å². The van der Waals surface area contributed by atoms with Crippen LogP contribution in [0.2, 0.25) is 4.05 Å². The average Bonchev–Trinajstić information content (AvgIpc) is 2.74. The Balaban J connectivity index is 2.18. The molecule has 0 spiro atoms. The Hall–Kier alpha value is 0.726. The fourth-order valence-electron chi connectivity index (χ4n) is 1.83. The van der Waals surface area contributed by atoms with Crippen LogP contribution in [-0.4, -0.2) is 42.5 Å². The van der Waals surface area contributed by atoms with Gasteiger partial charge in [0, 0.05) is 0 Å². The van der Waals surface area contributed by atoms with Gasteiger partial charge in [-0.3, -0.25) is 0 Å². The molecule has 0 bridgehead atoms. The molecule has 1 unspecified atom stereocenters. The SMILES string of the molecule is CCN(CC)[CH](C)[Mg][CH]1CC1. The second kappa shape index (κ2) is 4.68. The zero-order valence-electron chi connectivity index (χ0n) is 8.14. The standard InChI is InChI=1S/C6H14N.C3H5.Mg/c1-4-7(5-2)6-3;1-2-3-1;/h4H,5-6H2,1-3H3;1H,2-3H2;. The number of hydrogen-bond donors (Lipinski definition) is 0. The van der Waals surface area contributed by atoms with Crippen molar-refractivity contribution in [3.63, 3.8) is 0 Å². The minimum atomic E-state index is 0.238. The largest absolute Gasteiger partial charge is 0.395 e. The Bertz CT molecular complexity index is 108. The van der Waals surface area contributed by atoms with Crippen molar-refractivity contribution in [3.05, 3.63) is 0 Å². The molecule has 1 aliphatic carbocycles. The zero-order valence-corrected chi connectivity index (χ0v) is 9.55. The second-order valence-electron chi connectivity index (χ2n) is 3.75. The zero-order chi connectivity index (χ0) is 8.27. The van der Waals surface area contributed by atoms with Crippen LogP contribution in [0.1, 0.15) is 33.6 Å². The van der Waals surface area contributed by atoms with Gasteiger partial charge >= 0.3 is 20.4 Å². The van der Waals surface area contributed by atoms with Gasteiger partial charge in [-0.1, -0.05) is 37.8 Å². The first kappa shape index (κ1) is 9.81. The molecule has 1 rings (SSSR count). The minimum absolute atomic E-state index is 0.238. The van der Waals surface area contributed by atoms with E-state index in [9.17, 15) is 0 Å². The second-order valence-corrected chi connectivity index (χ2v) is 6.56. The maximum absolute atomic E-state index is 2.62. The number of hydrogen-bond acceptors (Lipinski definition) is 1. The summed E-state index contributed by atoms with van der Waals surface area (Å²) in [7, 11) is 0. The van der Waals surface area contributed by atoms with E-state index in [1.807, 2.05) is 0 Å². The van der Waals surface area contributed by atoms with E-state index >= 15 is 0 Å². The van der Waals surface area contributed by atoms with Gasteiger partial charge in [0.25, 0.3) is 0 Å². The summed E-state index contributed by atoms with van der Waals surface area (Å²) in [4.78, 5) is 2.62. The van der Waals surface area contributed by atoms with Crippen molar-refractivity contribution in [1.82, 2.24) is 4.90 Å². The van der Waals surface area contributed by atoms with Crippen LogP contribution in [0.3, 0.4) is 0 Å². The van der Waals surface area contributed by atoms with E-state index in [2.05, 4.69) is 25.7 Å². The Morgan fingerprint density at radius 3 is 2.27 bits per heavy atom. The van der Waals surface area contributed by atoms with E-state index in [4.69, 9.17) is 0 Å². The van der Waals surface area contributed by atoms with Crippen LogP contribution >= 0.6 is 0 Å². The first-order valence-corrected chi connectivity index (χ1v) is 6.65. The van der Waals surface area contributed by atoms with Gasteiger partial charge in [0.1, 0.15) is 0 Å². The van der Waals surface area contributed by atoms with Crippen molar-refractivity contribution in [2.24, 2.45) is 0 Å². The molecule has 0 saturated heterocycles. The molecule has 62 valence electrons. The van der Waals surface area contributed by atoms with Crippen molar-refractivity contribution >= 4 is 20.4 Å². The van der Waals surface area contributed by atoms with Crippen LogP contribution < -0.4 is 0 Å². The molecule has 0 radical (unpaired) electrons. The quantitative estimate of drug-likeness (QED) is 0.563. The summed E-state index contributed by atoms with van der Waals surface area (Å²) in [6.45, 7) is 9.48. The summed E-state index contributed by atoms with van der Waals surface area (Å²) in [6.07, 6.45) is 3.11. The molecule has 0 aromatic rings. The maximum Gasteiger partial charge on any atom is 0.395 e. The van der Waals surface area contributed by atoms with Crippen molar-refractivity contribution < 1.29 is 0 Å². The van der Waals surface area contributed by atoms with Gasteiger partial charge in [-0.15, -0.1) is 4.05 Å². The third kappa shape index (κ3) is 3.30. The van der Waals surface area contributed by atoms with E-state index in [1.165, 1.54) is 17.1 Å². The summed E-state index contributed by atoms with van der Waals surface area (Å²) in [6, 6.07) is 0. The summed E-state index contributed by atoms with van der Waals surface area (Å²) < 4.78 is 2.17. The van der Waals surface area contributed by atoms with E-state index < -0.39 is 0 Å². The van der Waals surface area contributed by atoms with Crippen LogP contribution in [0.25, 0.3) is 0 Å². The lowest BCUT2D eigenvalue weighted by Gasteiger charge is -2.26. The van der Waals surface area contributed by atoms with E-state index in [0.717, 1.165) is 4.17 Å². The molecule has 0 amide bonds. The maximum atomic E-state index is 2.62. The smallest absolute Gasteiger partial charge is 0.326 e. The summed E-state index contributed by atoms with van der Waals surface area (Å²) in [5, 5.41) is 0. The average molecular weight is 166 g/mol. The third-order valence-electron chi connectivity index (χ3n) is 2.81. The van der Waals surface area contributed by atoms with Crippen LogP contribution in [0.5, 0.6) is 0 Å². The fraction of sp³-hybridized carbons (Fsp3) is 1.00. The Morgan fingerprint density at radius 1 is 1.36 bits per heavy atom. The van der Waals surface area contributed by atoms with Gasteiger partial charge in [0.2, 0.25) is 0 Å². The molecule has 0 heterocycles. The predicted molar refractivity (Wildman–Crippen MR) is 51.1 cm³/mol. The van der Waals surface area contributed by atoms with Crippen molar-refractivity contribution in [2.45, 2.75) is 41.8 Å². The van der Waals surface area contributed by atoms with Gasteiger partial charge in [0.05, 0.1) is 0 Å². The van der Waals surface area contributed by atoms with E-state index in [-0.39, 0.29) is 20.4 Å². The number of nitrogens with zero attached hydrogens (tertiary/aromatic N) is 1. The van der Waals surface area contributed by atoms with Crippen LogP contribution in [0.15, 0.2) is 0 Å². The lowest BCUT2D eigenvalue weighted by Crippen LogP contribution is -2.37. The Labute approximate surface area is 80.3 Å². The lowest BCUT2D eigenvalue weighted by molar-refractivity contribution is 0.288. The molecule has 1 nitrogen and oxygen atoms in total. The molecule has 0 N–H and O–H groups in total. The molecule has 1 saturated carbocycles. The van der Waals surface area contributed by atoms with Crippen molar-refractivity contribution in [2.75, 3.05) is 13.1 Å². The Kier molecular flexibility index (Phi) is 4.17. The monoisotopic (exact) mass is 165 g/mol. The molecular weight excluding hydrogens is 146 g/mol. The molecule has 11 heavy (non-hydrogen) atoms. The van der Waals surface area contributed by atoms with E-state index in [0.29, 0.717) is 0 Å². The highest BCUT2D eigenvalue weighted by molar-refractivity contribution is 6.40.